The average molecular weight is 304 g/mol. The Hall–Kier alpha value is -1.47. The number of halogens is 3. The molecule has 1 fully saturated rings. The van der Waals surface area contributed by atoms with Crippen LogP contribution in [0.3, 0.4) is 0 Å². The minimum absolute atomic E-state index is 0.0262. The van der Waals surface area contributed by atoms with Gasteiger partial charge in [0.2, 0.25) is 0 Å². The van der Waals surface area contributed by atoms with Crippen LogP contribution in [0, 0.1) is 0 Å². The number of nitrogens with zero attached hydrogens (tertiary/aromatic N) is 1. The summed E-state index contributed by atoms with van der Waals surface area (Å²) in [4.78, 5) is 1.80. The van der Waals surface area contributed by atoms with E-state index in [0.717, 1.165) is 0 Å². The van der Waals surface area contributed by atoms with E-state index in [1.54, 1.807) is 4.90 Å². The topological polar surface area (TPSA) is 44.7 Å². The smallest absolute Gasteiger partial charge is 0.390 e. The number of piperazine rings is 1. The molecule has 1 atom stereocenters. The standard InChI is InChI=1S/C14H19F3N2O2/c1-21-13-8-10(20)2-3-11(13)12(9-14(15,16)17)19-6-4-18-5-7-19/h2-3,8,12,18,20H,4-7,9H2,1H3/t12-/m0/s1. The molecular weight excluding hydrogens is 285 g/mol. The number of benzene rings is 1. The summed E-state index contributed by atoms with van der Waals surface area (Å²) in [5.41, 5.74) is 0.453. The first-order valence-electron chi connectivity index (χ1n) is 6.79. The molecule has 4 nitrogen and oxygen atoms in total. The van der Waals surface area contributed by atoms with E-state index in [1.165, 1.54) is 25.3 Å². The molecule has 21 heavy (non-hydrogen) atoms. The predicted octanol–water partition coefficient (Wildman–Crippen LogP) is 2.30. The maximum absolute atomic E-state index is 12.9. The highest BCUT2D eigenvalue weighted by molar-refractivity contribution is 5.42. The van der Waals surface area contributed by atoms with Crippen LogP contribution in [-0.4, -0.2) is 49.5 Å². The van der Waals surface area contributed by atoms with Crippen molar-refractivity contribution in [3.63, 3.8) is 0 Å². The highest BCUT2D eigenvalue weighted by Gasteiger charge is 2.37. The Morgan fingerprint density at radius 3 is 2.57 bits per heavy atom. The second-order valence-corrected chi connectivity index (χ2v) is 5.05. The van der Waals surface area contributed by atoms with Crippen LogP contribution in [0.5, 0.6) is 11.5 Å². The largest absolute Gasteiger partial charge is 0.508 e. The second-order valence-electron chi connectivity index (χ2n) is 5.05. The van der Waals surface area contributed by atoms with Crippen LogP contribution in [0.2, 0.25) is 0 Å². The van der Waals surface area contributed by atoms with Crippen molar-refractivity contribution >= 4 is 0 Å². The van der Waals surface area contributed by atoms with Crippen molar-refractivity contribution in [1.29, 1.82) is 0 Å². The van der Waals surface area contributed by atoms with Crippen LogP contribution < -0.4 is 10.1 Å². The normalized spacial score (nSPS) is 18.5. The van der Waals surface area contributed by atoms with Gasteiger partial charge in [-0.15, -0.1) is 0 Å². The van der Waals surface area contributed by atoms with Crippen LogP contribution >= 0.6 is 0 Å². The lowest BCUT2D eigenvalue weighted by atomic mass is 9.99. The molecule has 1 aromatic rings. The van der Waals surface area contributed by atoms with Crippen LogP contribution in [0.4, 0.5) is 13.2 Å². The summed E-state index contributed by atoms with van der Waals surface area (Å²) in [7, 11) is 1.39. The molecule has 0 aromatic heterocycles. The monoisotopic (exact) mass is 304 g/mol. The first-order valence-corrected chi connectivity index (χ1v) is 6.79. The van der Waals surface area contributed by atoms with Crippen molar-refractivity contribution < 1.29 is 23.0 Å². The van der Waals surface area contributed by atoms with Crippen molar-refractivity contribution in [3.8, 4) is 11.5 Å². The van der Waals surface area contributed by atoms with Gasteiger partial charge in [0.1, 0.15) is 11.5 Å². The third-order valence-electron chi connectivity index (χ3n) is 3.59. The van der Waals surface area contributed by atoms with Gasteiger partial charge in [-0.1, -0.05) is 6.07 Å². The molecule has 1 aliphatic rings. The number of hydrogen-bond donors (Lipinski definition) is 2. The molecule has 1 aromatic carbocycles. The molecule has 0 unspecified atom stereocenters. The number of aromatic hydroxyl groups is 1. The van der Waals surface area contributed by atoms with Gasteiger partial charge in [0, 0.05) is 43.9 Å². The van der Waals surface area contributed by atoms with Gasteiger partial charge in [0.15, 0.2) is 0 Å². The molecule has 1 heterocycles. The SMILES string of the molecule is COc1cc(O)ccc1[C@H](CC(F)(F)F)N1CCNCC1. The first-order chi connectivity index (χ1) is 9.90. The molecule has 2 N–H and O–H groups in total. The molecule has 0 bridgehead atoms. The summed E-state index contributed by atoms with van der Waals surface area (Å²) >= 11 is 0. The zero-order valence-electron chi connectivity index (χ0n) is 11.8. The number of ether oxygens (including phenoxy) is 1. The van der Waals surface area contributed by atoms with E-state index in [4.69, 9.17) is 4.74 Å². The fourth-order valence-electron chi connectivity index (χ4n) is 2.62. The lowest BCUT2D eigenvalue weighted by Crippen LogP contribution is -2.46. The minimum atomic E-state index is -4.27. The summed E-state index contributed by atoms with van der Waals surface area (Å²) in [5.74, 6) is 0.254. The molecule has 0 aliphatic carbocycles. The van der Waals surface area contributed by atoms with E-state index in [-0.39, 0.29) is 11.5 Å². The van der Waals surface area contributed by atoms with Gasteiger partial charge >= 0.3 is 6.18 Å². The average Bonchev–Trinajstić information content (AvgIpc) is 2.45. The fourth-order valence-corrected chi connectivity index (χ4v) is 2.62. The van der Waals surface area contributed by atoms with Crippen molar-refractivity contribution in [2.24, 2.45) is 0 Å². The summed E-state index contributed by atoms with van der Waals surface area (Å²) in [6.07, 6.45) is -5.20. The van der Waals surface area contributed by atoms with Gasteiger partial charge in [-0.3, -0.25) is 4.90 Å². The summed E-state index contributed by atoms with van der Waals surface area (Å²) in [5, 5.41) is 12.6. The minimum Gasteiger partial charge on any atom is -0.508 e. The molecule has 0 saturated carbocycles. The Balaban J connectivity index is 2.33. The van der Waals surface area contributed by atoms with E-state index in [9.17, 15) is 18.3 Å². The number of alkyl halides is 3. The predicted molar refractivity (Wildman–Crippen MR) is 72.5 cm³/mol. The maximum Gasteiger partial charge on any atom is 0.390 e. The number of methoxy groups -OCH3 is 1. The van der Waals surface area contributed by atoms with E-state index in [1.807, 2.05) is 0 Å². The number of phenols is 1. The lowest BCUT2D eigenvalue weighted by Gasteiger charge is -2.36. The summed E-state index contributed by atoms with van der Waals surface area (Å²) in [6.45, 7) is 2.42. The van der Waals surface area contributed by atoms with Gasteiger partial charge in [-0.25, -0.2) is 0 Å². The lowest BCUT2D eigenvalue weighted by molar-refractivity contribution is -0.148. The highest BCUT2D eigenvalue weighted by atomic mass is 19.4. The third kappa shape index (κ3) is 4.25. The number of nitrogens with one attached hydrogen (secondary N) is 1. The van der Waals surface area contributed by atoms with Gasteiger partial charge in [-0.05, 0) is 6.07 Å². The van der Waals surface area contributed by atoms with Crippen LogP contribution in [0.25, 0.3) is 0 Å². The van der Waals surface area contributed by atoms with Crippen molar-refractivity contribution in [1.82, 2.24) is 10.2 Å². The molecule has 1 saturated heterocycles. The Labute approximate surface area is 121 Å². The van der Waals surface area contributed by atoms with Gasteiger partial charge in [0.05, 0.1) is 13.5 Å². The zero-order chi connectivity index (χ0) is 15.5. The van der Waals surface area contributed by atoms with E-state index in [0.29, 0.717) is 31.7 Å². The molecule has 0 amide bonds. The second kappa shape index (κ2) is 6.53. The Morgan fingerprint density at radius 1 is 1.33 bits per heavy atom. The quantitative estimate of drug-likeness (QED) is 0.896. The molecule has 118 valence electrons. The summed E-state index contributed by atoms with van der Waals surface area (Å²) < 4.78 is 43.9. The molecular formula is C14H19F3N2O2. The summed E-state index contributed by atoms with van der Waals surface area (Å²) in [6, 6.07) is 3.44. The van der Waals surface area contributed by atoms with Crippen LogP contribution in [-0.2, 0) is 0 Å². The first kappa shape index (κ1) is 15.9. The third-order valence-corrected chi connectivity index (χ3v) is 3.59. The molecule has 0 radical (unpaired) electrons. The molecule has 1 aliphatic heterocycles. The Bertz CT molecular complexity index is 474. The van der Waals surface area contributed by atoms with Crippen molar-refractivity contribution in [2.45, 2.75) is 18.6 Å². The highest BCUT2D eigenvalue weighted by Crippen LogP contribution is 2.39. The van der Waals surface area contributed by atoms with Gasteiger partial charge in [-0.2, -0.15) is 13.2 Å². The van der Waals surface area contributed by atoms with Crippen molar-refractivity contribution in [2.75, 3.05) is 33.3 Å². The number of hydrogen-bond acceptors (Lipinski definition) is 4. The molecule has 2 rings (SSSR count). The van der Waals surface area contributed by atoms with Gasteiger partial charge in [0.25, 0.3) is 0 Å². The van der Waals surface area contributed by atoms with Crippen LogP contribution in [0.15, 0.2) is 18.2 Å². The molecule has 0 spiro atoms. The van der Waals surface area contributed by atoms with Crippen molar-refractivity contribution in [3.05, 3.63) is 23.8 Å². The van der Waals surface area contributed by atoms with E-state index >= 15 is 0 Å². The Morgan fingerprint density at radius 2 is 2.00 bits per heavy atom. The van der Waals surface area contributed by atoms with Gasteiger partial charge < -0.3 is 15.2 Å². The number of phenolic OH excluding ortho intramolecular Hbond substituents is 1. The molecule has 7 heteroatoms. The Kier molecular flexibility index (Phi) is 4.95. The zero-order valence-corrected chi connectivity index (χ0v) is 11.8. The number of rotatable bonds is 4. The van der Waals surface area contributed by atoms with Crippen LogP contribution in [0.1, 0.15) is 18.0 Å². The fraction of sp³-hybridized carbons (Fsp3) is 0.571. The van der Waals surface area contributed by atoms with E-state index < -0.39 is 18.6 Å². The maximum atomic E-state index is 12.9. The van der Waals surface area contributed by atoms with E-state index in [2.05, 4.69) is 5.32 Å².